The van der Waals surface area contributed by atoms with Gasteiger partial charge in [0.25, 0.3) is 0 Å². The van der Waals surface area contributed by atoms with Crippen molar-refractivity contribution in [1.29, 1.82) is 0 Å². The van der Waals surface area contributed by atoms with Gasteiger partial charge in [0.15, 0.2) is 0 Å². The zero-order chi connectivity index (χ0) is 5.86. The van der Waals surface area contributed by atoms with Gasteiger partial charge in [0.2, 0.25) is 0 Å². The van der Waals surface area contributed by atoms with E-state index in [1.165, 1.54) is 0 Å². The summed E-state index contributed by atoms with van der Waals surface area (Å²) >= 11 is -0.431. The molecule has 0 amide bonds. The van der Waals surface area contributed by atoms with E-state index < -0.39 is 15.9 Å². The minimum absolute atomic E-state index is 0. The van der Waals surface area contributed by atoms with Crippen LogP contribution in [0.25, 0.3) is 0 Å². The minimum Gasteiger partial charge on any atom is -0.147 e. The molecule has 0 aliphatic carbocycles. The van der Waals surface area contributed by atoms with E-state index in [1.807, 2.05) is 0 Å². The Bertz CT molecular complexity index is 45.8. The van der Waals surface area contributed by atoms with E-state index in [4.69, 9.17) is 0 Å². The summed E-state index contributed by atoms with van der Waals surface area (Å²) in [4.78, 5) is 0. The van der Waals surface area contributed by atoms with Gasteiger partial charge in [-0.05, 0) is 0 Å². The first-order valence-electron chi connectivity index (χ1n) is 2.42. The van der Waals surface area contributed by atoms with Gasteiger partial charge >= 0.3 is 51.8 Å². The number of hydrogen-bond donors (Lipinski definition) is 0. The van der Waals surface area contributed by atoms with Crippen LogP contribution in [-0.4, -0.2) is 51.8 Å². The molecule has 0 aliphatic rings. The number of rotatable bonds is 2. The van der Waals surface area contributed by atoms with E-state index in [9.17, 15) is 0 Å². The minimum atomic E-state index is -0.431. The molecule has 0 aliphatic heterocycles. The van der Waals surface area contributed by atoms with Crippen molar-refractivity contribution in [3.05, 3.63) is 0 Å². The van der Waals surface area contributed by atoms with Gasteiger partial charge in [-0.3, -0.25) is 0 Å². The van der Waals surface area contributed by atoms with Gasteiger partial charge in [-0.25, -0.2) is 0 Å². The summed E-state index contributed by atoms with van der Waals surface area (Å²) in [6.45, 7) is 0. The zero-order valence-electron chi connectivity index (χ0n) is 6.42. The van der Waals surface area contributed by atoms with Crippen LogP contribution in [0, 0.1) is 0 Å². The van der Waals surface area contributed by atoms with Crippen molar-refractivity contribution in [2.45, 2.75) is 0 Å². The van der Waals surface area contributed by atoms with Crippen LogP contribution in [0.15, 0.2) is 0 Å². The van der Waals surface area contributed by atoms with E-state index in [-0.39, 0.29) is 24.8 Å². The summed E-state index contributed by atoms with van der Waals surface area (Å²) in [5.41, 5.74) is 0. The van der Waals surface area contributed by atoms with Crippen LogP contribution >= 0.6 is 24.8 Å². The van der Waals surface area contributed by atoms with Crippen LogP contribution in [0.1, 0.15) is 0 Å². The quantitative estimate of drug-likeness (QED) is 0.620. The largest absolute Gasteiger partial charge is 0.147 e. The maximum absolute atomic E-state index is 2.31. The van der Waals surface area contributed by atoms with Crippen molar-refractivity contribution in [2.24, 2.45) is 0 Å². The molecule has 0 spiro atoms. The second-order valence-corrected chi connectivity index (χ2v) is 8.20. The van der Waals surface area contributed by atoms with Crippen molar-refractivity contribution >= 4 is 40.7 Å². The third kappa shape index (κ3) is 17.6. The molecule has 2 nitrogen and oxygen atoms in total. The fraction of sp³-hybridized carbons (Fsp3) is 1.00. The molecule has 0 radical (unpaired) electrons. The monoisotopic (exact) mass is 236 g/mol. The Balaban J connectivity index is -0.000000180. The molecule has 9 heavy (non-hydrogen) atoms. The van der Waals surface area contributed by atoms with Crippen molar-refractivity contribution in [2.75, 3.05) is 28.2 Å². The maximum atomic E-state index is 2.31. The van der Waals surface area contributed by atoms with Gasteiger partial charge in [0.1, 0.15) is 0 Å². The molecular weight excluding hydrogens is 220 g/mol. The second-order valence-electron chi connectivity index (χ2n) is 2.30. The van der Waals surface area contributed by atoms with Gasteiger partial charge in [0, 0.05) is 0 Å². The zero-order valence-corrected chi connectivity index (χ0v) is 11.0. The van der Waals surface area contributed by atoms with E-state index in [2.05, 4.69) is 35.9 Å². The Morgan fingerprint density at radius 3 is 1.00 bits per heavy atom. The molecule has 0 saturated heterocycles. The molecule has 0 unspecified atom stereocenters. The summed E-state index contributed by atoms with van der Waals surface area (Å²) in [7, 11) is 8.56. The first kappa shape index (κ1) is 16.6. The second kappa shape index (κ2) is 9.04. The molecule has 0 fully saturated rings. The Morgan fingerprint density at radius 1 is 0.778 bits per heavy atom. The Labute approximate surface area is 76.7 Å². The fourth-order valence-electron chi connectivity index (χ4n) is 0.566. The first-order chi connectivity index (χ1) is 3.13. The summed E-state index contributed by atoms with van der Waals surface area (Å²) in [6.07, 6.45) is 0. The van der Waals surface area contributed by atoms with E-state index in [0.717, 1.165) is 0 Å². The summed E-state index contributed by atoms with van der Waals surface area (Å²) in [6, 6.07) is 0. The van der Waals surface area contributed by atoms with Crippen LogP contribution in [-0.2, 0) is 0 Å². The van der Waals surface area contributed by atoms with Gasteiger partial charge in [-0.2, -0.15) is 0 Å². The molecule has 0 heterocycles. The van der Waals surface area contributed by atoms with Crippen LogP contribution in [0.3, 0.4) is 0 Å². The van der Waals surface area contributed by atoms with Crippen LogP contribution in [0.4, 0.5) is 0 Å². The van der Waals surface area contributed by atoms with Gasteiger partial charge in [-0.1, -0.05) is 0 Å². The maximum Gasteiger partial charge on any atom is -0.147 e. The molecule has 0 N–H and O–H groups in total. The molecule has 0 aromatic carbocycles. The standard InChI is InChI=1S/C4H14GeN2.2ClH/c1-6(2)5-7(3)4;;/h5H2,1-4H3;2*1H. The van der Waals surface area contributed by atoms with Gasteiger partial charge in [0.05, 0.1) is 0 Å². The van der Waals surface area contributed by atoms with Crippen LogP contribution < -0.4 is 0 Å². The summed E-state index contributed by atoms with van der Waals surface area (Å²) < 4.78 is 4.62. The van der Waals surface area contributed by atoms with E-state index >= 15 is 0 Å². The molecule has 0 aromatic rings. The van der Waals surface area contributed by atoms with Crippen molar-refractivity contribution in [3.63, 3.8) is 0 Å². The average Bonchev–Trinajstić information content (AvgIpc) is 1.27. The molecule has 0 saturated carbocycles. The fourth-order valence-corrected chi connectivity index (χ4v) is 2.94. The molecule has 0 aromatic heterocycles. The molecule has 5 heteroatoms. The molecular formula is C4H16Cl2GeN2. The topological polar surface area (TPSA) is 6.48 Å². The Kier molecular flexibility index (Phi) is 16.6. The van der Waals surface area contributed by atoms with E-state index in [0.29, 0.717) is 0 Å². The Morgan fingerprint density at radius 2 is 1.00 bits per heavy atom. The van der Waals surface area contributed by atoms with Crippen molar-refractivity contribution < 1.29 is 0 Å². The van der Waals surface area contributed by atoms with Gasteiger partial charge in [-0.15, -0.1) is 24.8 Å². The predicted molar refractivity (Wildman–Crippen MR) is 50.4 cm³/mol. The average molecular weight is 236 g/mol. The smallest absolute Gasteiger partial charge is 0.147 e. The SMILES string of the molecule is C[N](C)[GeH2][N](C)C.Cl.Cl. The molecule has 0 atom stereocenters. The van der Waals surface area contributed by atoms with Gasteiger partial charge < -0.3 is 0 Å². The summed E-state index contributed by atoms with van der Waals surface area (Å²) in [5.74, 6) is 0. The van der Waals surface area contributed by atoms with Crippen LogP contribution in [0.2, 0.25) is 0 Å². The third-order valence-electron chi connectivity index (χ3n) is 0.566. The van der Waals surface area contributed by atoms with Crippen LogP contribution in [0.5, 0.6) is 0 Å². The molecule has 0 bridgehead atoms. The first-order valence-corrected chi connectivity index (χ1v) is 5.08. The third-order valence-corrected chi connectivity index (χ3v) is 2.94. The summed E-state index contributed by atoms with van der Waals surface area (Å²) in [5, 5.41) is 0. The molecule has 60 valence electrons. The Hall–Kier alpha value is 1.04. The normalized spacial score (nSPS) is 8.67. The number of hydrogen-bond acceptors (Lipinski definition) is 2. The molecule has 0 rings (SSSR count). The van der Waals surface area contributed by atoms with E-state index in [1.54, 1.807) is 0 Å². The van der Waals surface area contributed by atoms with Crippen molar-refractivity contribution in [1.82, 2.24) is 7.71 Å². The predicted octanol–water partition coefficient (Wildman–Crippen LogP) is -0.0480. The van der Waals surface area contributed by atoms with Crippen molar-refractivity contribution in [3.8, 4) is 0 Å². The number of nitrogens with zero attached hydrogens (tertiary/aromatic N) is 2. The number of halogens is 2.